The Morgan fingerprint density at radius 2 is 2.35 bits per heavy atom. The van der Waals surface area contributed by atoms with Crippen molar-refractivity contribution in [1.29, 1.82) is 5.26 Å². The van der Waals surface area contributed by atoms with Crippen molar-refractivity contribution in [2.75, 3.05) is 26.7 Å². The van der Waals surface area contributed by atoms with E-state index in [2.05, 4.69) is 40.0 Å². The van der Waals surface area contributed by atoms with E-state index < -0.39 is 0 Å². The maximum atomic E-state index is 8.91. The lowest BCUT2D eigenvalue weighted by molar-refractivity contribution is 0.255. The Labute approximate surface area is 142 Å². The van der Waals surface area contributed by atoms with Crippen LogP contribution in [0.5, 0.6) is 0 Å². The molecule has 0 aromatic carbocycles. The Balaban J connectivity index is 1.45. The molecule has 1 fully saturated rings. The van der Waals surface area contributed by atoms with Crippen LogP contribution in [-0.2, 0) is 13.1 Å². The van der Waals surface area contributed by atoms with Crippen molar-refractivity contribution in [2.45, 2.75) is 19.5 Å². The number of aromatic nitrogens is 1. The van der Waals surface area contributed by atoms with E-state index in [4.69, 9.17) is 5.26 Å². The standard InChI is InChI=1S/C18H22N4S/c1-21(11-15-3-2-7-20-10-15)12-16-6-8-22(13-16)14-18-5-4-17(9-19)23-18/h2-5,7,10,16H,6,8,11-14H2,1H3/t16-/m0/s1. The lowest BCUT2D eigenvalue weighted by atomic mass is 10.1. The Morgan fingerprint density at radius 1 is 1.43 bits per heavy atom. The highest BCUT2D eigenvalue weighted by molar-refractivity contribution is 7.12. The molecule has 1 aliphatic rings. The molecule has 0 amide bonds. The molecule has 0 aliphatic carbocycles. The summed E-state index contributed by atoms with van der Waals surface area (Å²) in [4.78, 5) is 11.2. The average molecular weight is 326 g/mol. The second kappa shape index (κ2) is 7.69. The summed E-state index contributed by atoms with van der Waals surface area (Å²) in [5.74, 6) is 0.729. The highest BCUT2D eigenvalue weighted by atomic mass is 32.1. The predicted octanol–water partition coefficient (Wildman–Crippen LogP) is 2.97. The molecule has 2 aromatic heterocycles. The Morgan fingerprint density at radius 3 is 3.09 bits per heavy atom. The third-order valence-electron chi connectivity index (χ3n) is 4.27. The van der Waals surface area contributed by atoms with Crippen molar-refractivity contribution in [3.63, 3.8) is 0 Å². The van der Waals surface area contributed by atoms with Gasteiger partial charge in [-0.2, -0.15) is 5.26 Å². The first-order valence-corrected chi connectivity index (χ1v) is 8.83. The number of thiophene rings is 1. The minimum absolute atomic E-state index is 0.729. The van der Waals surface area contributed by atoms with Gasteiger partial charge in [0.2, 0.25) is 0 Å². The van der Waals surface area contributed by atoms with Crippen LogP contribution >= 0.6 is 11.3 Å². The summed E-state index contributed by atoms with van der Waals surface area (Å²) in [6.45, 7) is 5.37. The van der Waals surface area contributed by atoms with Crippen LogP contribution in [0.3, 0.4) is 0 Å². The molecule has 4 nitrogen and oxygen atoms in total. The monoisotopic (exact) mass is 326 g/mol. The summed E-state index contributed by atoms with van der Waals surface area (Å²) in [5.41, 5.74) is 1.27. The highest BCUT2D eigenvalue weighted by Gasteiger charge is 2.23. The van der Waals surface area contributed by atoms with Crippen LogP contribution < -0.4 is 0 Å². The molecular weight excluding hydrogens is 304 g/mol. The number of nitriles is 1. The minimum Gasteiger partial charge on any atom is -0.302 e. The lowest BCUT2D eigenvalue weighted by Gasteiger charge is -2.21. The molecule has 2 aromatic rings. The van der Waals surface area contributed by atoms with E-state index in [1.165, 1.54) is 16.9 Å². The van der Waals surface area contributed by atoms with Gasteiger partial charge < -0.3 is 4.90 Å². The number of likely N-dealkylation sites (tertiary alicyclic amines) is 1. The van der Waals surface area contributed by atoms with Gasteiger partial charge in [-0.1, -0.05) is 6.07 Å². The Bertz CT molecular complexity index is 661. The van der Waals surface area contributed by atoms with Crippen molar-refractivity contribution < 1.29 is 0 Å². The second-order valence-corrected chi connectivity index (χ2v) is 7.49. The van der Waals surface area contributed by atoms with Crippen LogP contribution in [-0.4, -0.2) is 41.5 Å². The second-order valence-electron chi connectivity index (χ2n) is 6.33. The van der Waals surface area contributed by atoms with E-state index in [1.807, 2.05) is 24.5 Å². The zero-order valence-electron chi connectivity index (χ0n) is 13.5. The van der Waals surface area contributed by atoms with Gasteiger partial charge in [-0.25, -0.2) is 0 Å². The highest BCUT2D eigenvalue weighted by Crippen LogP contribution is 2.23. The summed E-state index contributed by atoms with van der Waals surface area (Å²) < 4.78 is 0. The fourth-order valence-corrected chi connectivity index (χ4v) is 4.10. The van der Waals surface area contributed by atoms with Crippen LogP contribution in [0.1, 0.15) is 21.7 Å². The van der Waals surface area contributed by atoms with Crippen molar-refractivity contribution in [1.82, 2.24) is 14.8 Å². The molecule has 23 heavy (non-hydrogen) atoms. The summed E-state index contributed by atoms with van der Waals surface area (Å²) in [6, 6.07) is 10.4. The maximum absolute atomic E-state index is 8.91. The molecule has 0 N–H and O–H groups in total. The molecule has 0 spiro atoms. The maximum Gasteiger partial charge on any atom is 0.110 e. The molecule has 3 rings (SSSR count). The topological polar surface area (TPSA) is 43.2 Å². The van der Waals surface area contributed by atoms with Crippen molar-refractivity contribution in [3.05, 3.63) is 52.0 Å². The van der Waals surface area contributed by atoms with Gasteiger partial charge in [-0.05, 0) is 49.7 Å². The lowest BCUT2D eigenvalue weighted by Crippen LogP contribution is -2.27. The van der Waals surface area contributed by atoms with Gasteiger partial charge in [0.25, 0.3) is 0 Å². The first-order valence-electron chi connectivity index (χ1n) is 8.01. The van der Waals surface area contributed by atoms with Crippen LogP contribution in [0.4, 0.5) is 0 Å². The molecular formula is C18H22N4S. The van der Waals surface area contributed by atoms with Gasteiger partial charge in [0.1, 0.15) is 10.9 Å². The number of hydrogen-bond donors (Lipinski definition) is 0. The van der Waals surface area contributed by atoms with E-state index in [9.17, 15) is 0 Å². The van der Waals surface area contributed by atoms with Crippen molar-refractivity contribution in [2.24, 2.45) is 5.92 Å². The van der Waals surface area contributed by atoms with Gasteiger partial charge >= 0.3 is 0 Å². The van der Waals surface area contributed by atoms with Crippen molar-refractivity contribution in [3.8, 4) is 6.07 Å². The molecule has 1 atom stereocenters. The number of rotatable bonds is 6. The normalized spacial score (nSPS) is 18.4. The summed E-state index contributed by atoms with van der Waals surface area (Å²) >= 11 is 1.62. The number of hydrogen-bond acceptors (Lipinski definition) is 5. The van der Waals surface area contributed by atoms with Crippen LogP contribution in [0.15, 0.2) is 36.7 Å². The Hall–Kier alpha value is -1.74. The molecule has 1 saturated heterocycles. The fraction of sp³-hybridized carbons (Fsp3) is 0.444. The largest absolute Gasteiger partial charge is 0.302 e. The van der Waals surface area contributed by atoms with Gasteiger partial charge in [-0.3, -0.25) is 9.88 Å². The molecule has 0 bridgehead atoms. The molecule has 0 saturated carbocycles. The van der Waals surface area contributed by atoms with Gasteiger partial charge in [0, 0.05) is 43.4 Å². The van der Waals surface area contributed by atoms with E-state index in [1.54, 1.807) is 11.3 Å². The number of pyridine rings is 1. The third kappa shape index (κ3) is 4.61. The van der Waals surface area contributed by atoms with Gasteiger partial charge in [0.05, 0.1) is 0 Å². The van der Waals surface area contributed by atoms with E-state index in [0.29, 0.717) is 0 Å². The first-order chi connectivity index (χ1) is 11.2. The van der Waals surface area contributed by atoms with Crippen LogP contribution in [0, 0.1) is 17.2 Å². The molecule has 5 heteroatoms. The fourth-order valence-electron chi connectivity index (χ4n) is 3.26. The zero-order chi connectivity index (χ0) is 16.1. The summed E-state index contributed by atoms with van der Waals surface area (Å²) in [7, 11) is 2.19. The quantitative estimate of drug-likeness (QED) is 0.818. The zero-order valence-corrected chi connectivity index (χ0v) is 14.3. The molecule has 0 radical (unpaired) electrons. The smallest absolute Gasteiger partial charge is 0.110 e. The first kappa shape index (κ1) is 16.1. The average Bonchev–Trinajstić information content (AvgIpc) is 3.18. The number of nitrogens with zero attached hydrogens (tertiary/aromatic N) is 4. The van der Waals surface area contributed by atoms with Gasteiger partial charge in [-0.15, -0.1) is 11.3 Å². The van der Waals surface area contributed by atoms with E-state index in [-0.39, 0.29) is 0 Å². The predicted molar refractivity (Wildman–Crippen MR) is 93.0 cm³/mol. The van der Waals surface area contributed by atoms with Crippen LogP contribution in [0.2, 0.25) is 0 Å². The minimum atomic E-state index is 0.729. The molecule has 120 valence electrons. The summed E-state index contributed by atoms with van der Waals surface area (Å²) in [5, 5.41) is 8.91. The van der Waals surface area contributed by atoms with Gasteiger partial charge in [0.15, 0.2) is 0 Å². The Kier molecular flexibility index (Phi) is 5.39. The molecule has 0 unspecified atom stereocenters. The third-order valence-corrected chi connectivity index (χ3v) is 5.24. The SMILES string of the molecule is CN(Cc1cccnc1)C[C@@H]1CCN(Cc2ccc(C#N)s2)C1. The van der Waals surface area contributed by atoms with Crippen LogP contribution in [0.25, 0.3) is 0 Å². The van der Waals surface area contributed by atoms with E-state index >= 15 is 0 Å². The molecule has 3 heterocycles. The van der Waals surface area contributed by atoms with Crippen molar-refractivity contribution >= 4 is 11.3 Å². The molecule has 1 aliphatic heterocycles. The van der Waals surface area contributed by atoms with E-state index in [0.717, 1.165) is 43.5 Å². The summed E-state index contributed by atoms with van der Waals surface area (Å²) in [6.07, 6.45) is 5.02.